The lowest BCUT2D eigenvalue weighted by Crippen LogP contribution is -2.62. The molecule has 4 fully saturated rings. The predicted octanol–water partition coefficient (Wildman–Crippen LogP) is 14.2. The molecule has 1 unspecified atom stereocenters. The Morgan fingerprint density at radius 3 is 2.06 bits per heavy atom. The van der Waals surface area contributed by atoms with Crippen LogP contribution < -0.4 is 0 Å². The smallest absolute Gasteiger partial charge is 0.306 e. The lowest BCUT2D eigenvalue weighted by atomic mass is 9.43. The molecular weight excluding hydrogens is 572 g/mol. The molecule has 0 heterocycles. The van der Waals surface area contributed by atoms with E-state index < -0.39 is 0 Å². The number of unbranched alkanes of at least 4 members (excludes halogenated alkanes) is 11. The second-order valence-electron chi connectivity index (χ2n) is 18.4. The van der Waals surface area contributed by atoms with Crippen LogP contribution in [-0.4, -0.2) is 11.6 Å². The maximum Gasteiger partial charge on any atom is 0.306 e. The molecule has 4 rings (SSSR count). The minimum absolute atomic E-state index is 0.117. The molecule has 0 aliphatic heterocycles. The molecule has 47 heavy (non-hydrogen) atoms. The van der Waals surface area contributed by atoms with Crippen LogP contribution in [0.2, 0.25) is 0 Å². The van der Waals surface area contributed by atoms with Crippen LogP contribution in [0.3, 0.4) is 0 Å². The van der Waals surface area contributed by atoms with Gasteiger partial charge in [0.05, 0.1) is 0 Å². The topological polar surface area (TPSA) is 26.3 Å². The molecule has 0 N–H and O–H groups in total. The quantitative estimate of drug-likeness (QED) is 0.0700. The van der Waals surface area contributed by atoms with Gasteiger partial charge in [0.25, 0.3) is 0 Å². The van der Waals surface area contributed by atoms with Gasteiger partial charge < -0.3 is 4.74 Å². The molecule has 0 radical (unpaired) electrons. The maximum atomic E-state index is 13.4. The largest absolute Gasteiger partial charge is 0.458 e. The molecule has 4 aliphatic rings. The van der Waals surface area contributed by atoms with Gasteiger partial charge >= 0.3 is 5.97 Å². The molecule has 2 nitrogen and oxygen atoms in total. The third kappa shape index (κ3) is 9.93. The van der Waals surface area contributed by atoms with Crippen LogP contribution in [0, 0.1) is 46.3 Å². The highest BCUT2D eigenvalue weighted by Gasteiger charge is 2.65. The van der Waals surface area contributed by atoms with E-state index in [9.17, 15) is 4.79 Å². The minimum atomic E-state index is -0.193. The Labute approximate surface area is 293 Å². The molecule has 2 heteroatoms. The summed E-state index contributed by atoms with van der Waals surface area (Å²) in [6.07, 6.45) is 39.5. The number of carbonyl (C=O) groups is 1. The first kappa shape index (κ1) is 39.0. The highest BCUT2D eigenvalue weighted by molar-refractivity contribution is 5.70. The molecule has 0 aromatic carbocycles. The Balaban J connectivity index is 1.19. The first-order valence-corrected chi connectivity index (χ1v) is 21.5. The van der Waals surface area contributed by atoms with E-state index in [0.29, 0.717) is 11.8 Å². The zero-order chi connectivity index (χ0) is 33.8. The van der Waals surface area contributed by atoms with Gasteiger partial charge in [-0.3, -0.25) is 4.79 Å². The Morgan fingerprint density at radius 2 is 1.36 bits per heavy atom. The molecule has 4 aliphatic carbocycles. The molecule has 0 saturated heterocycles. The van der Waals surface area contributed by atoms with E-state index in [4.69, 9.17) is 4.74 Å². The number of ether oxygens (including phenoxy) is 1. The molecule has 0 aromatic heterocycles. The summed E-state index contributed by atoms with van der Waals surface area (Å²) in [6.45, 7) is 14.9. The summed E-state index contributed by atoms with van der Waals surface area (Å²) in [4.78, 5) is 13.4. The second-order valence-corrected chi connectivity index (χ2v) is 18.4. The number of fused-ring (bicyclic) bond motifs is 5. The monoisotopic (exact) mass is 653 g/mol. The molecule has 0 bridgehead atoms. The van der Waals surface area contributed by atoms with Gasteiger partial charge in [-0.15, -0.1) is 0 Å². The fourth-order valence-electron chi connectivity index (χ4n) is 12.1. The lowest BCUT2D eigenvalue weighted by Gasteiger charge is -2.64. The third-order valence-corrected chi connectivity index (χ3v) is 14.9. The normalized spacial score (nSPS) is 34.3. The van der Waals surface area contributed by atoms with Gasteiger partial charge in [-0.1, -0.05) is 131 Å². The first-order valence-electron chi connectivity index (χ1n) is 21.5. The van der Waals surface area contributed by atoms with Crippen LogP contribution in [-0.2, 0) is 9.53 Å². The van der Waals surface area contributed by atoms with Gasteiger partial charge in [0, 0.05) is 11.8 Å². The van der Waals surface area contributed by atoms with Crippen LogP contribution in [0.4, 0.5) is 0 Å². The summed E-state index contributed by atoms with van der Waals surface area (Å²) >= 11 is 0. The molecule has 0 aromatic rings. The Kier molecular flexibility index (Phi) is 15.8. The predicted molar refractivity (Wildman–Crippen MR) is 202 cm³/mol. The van der Waals surface area contributed by atoms with Crippen molar-refractivity contribution in [1.82, 2.24) is 0 Å². The molecule has 4 saturated carbocycles. The van der Waals surface area contributed by atoms with Gasteiger partial charge in [0.15, 0.2) is 0 Å². The Hall–Kier alpha value is -0.790. The molecule has 8 atom stereocenters. The number of carbonyl (C=O) groups excluding carboxylic acids is 1. The van der Waals surface area contributed by atoms with Gasteiger partial charge in [-0.25, -0.2) is 0 Å². The standard InChI is InChI=1S/C45H80O2/c1-7-8-9-10-11-12-13-14-15-16-17-18-19-20-21-27-42(46)47-45-33-23-22-32-44(45,6)41-31-34-43(5)39(37(4)26-24-25-36(2)3)28-29-40(43)38(41)30-35-45/h14-15,36-41H,7-13,16-35H2,1-6H3/b15-14-/t37-,38+,39-,40+,41+,43-,44-,45?/m1/s1. The molecular formula is C45H80O2. The second kappa shape index (κ2) is 19.0. The maximum absolute atomic E-state index is 13.4. The van der Waals surface area contributed by atoms with Gasteiger partial charge in [0.1, 0.15) is 5.60 Å². The van der Waals surface area contributed by atoms with E-state index in [1.165, 1.54) is 148 Å². The van der Waals surface area contributed by atoms with Crippen molar-refractivity contribution in [2.45, 2.75) is 221 Å². The van der Waals surface area contributed by atoms with Crippen LogP contribution in [0.5, 0.6) is 0 Å². The minimum Gasteiger partial charge on any atom is -0.458 e. The zero-order valence-electron chi connectivity index (χ0n) is 32.5. The van der Waals surface area contributed by atoms with E-state index >= 15 is 0 Å². The average molecular weight is 653 g/mol. The summed E-state index contributed by atoms with van der Waals surface area (Å²) in [5.74, 6) is 5.22. The van der Waals surface area contributed by atoms with Crippen molar-refractivity contribution in [2.24, 2.45) is 46.3 Å². The summed E-state index contributed by atoms with van der Waals surface area (Å²) < 4.78 is 6.77. The molecule has 0 spiro atoms. The van der Waals surface area contributed by atoms with Gasteiger partial charge in [-0.05, 0) is 131 Å². The van der Waals surface area contributed by atoms with Crippen molar-refractivity contribution in [2.75, 3.05) is 0 Å². The number of hydrogen-bond acceptors (Lipinski definition) is 2. The van der Waals surface area contributed by atoms with Crippen molar-refractivity contribution < 1.29 is 9.53 Å². The zero-order valence-corrected chi connectivity index (χ0v) is 32.5. The van der Waals surface area contributed by atoms with E-state index in [1.54, 1.807) is 0 Å². The summed E-state index contributed by atoms with van der Waals surface area (Å²) in [5, 5.41) is 0. The van der Waals surface area contributed by atoms with E-state index in [-0.39, 0.29) is 17.0 Å². The van der Waals surface area contributed by atoms with Crippen molar-refractivity contribution in [3.63, 3.8) is 0 Å². The lowest BCUT2D eigenvalue weighted by molar-refractivity contribution is -0.228. The average Bonchev–Trinajstić information content (AvgIpc) is 3.40. The van der Waals surface area contributed by atoms with E-state index in [2.05, 4.69) is 53.7 Å². The SMILES string of the molecule is CCCCCCCC/C=C\CCCCCCCC(=O)OC12CCCC[C@]1(C)[C@H]1CC[C@]3(C)[C@@H]([C@H](C)CCCC(C)C)CC[C@H]3[C@@H]1CC2. The Bertz CT molecular complexity index is 936. The Morgan fingerprint density at radius 1 is 0.702 bits per heavy atom. The number of rotatable bonds is 21. The highest BCUT2D eigenvalue weighted by atomic mass is 16.6. The first-order chi connectivity index (χ1) is 22.7. The van der Waals surface area contributed by atoms with Crippen molar-refractivity contribution >= 4 is 5.97 Å². The summed E-state index contributed by atoms with van der Waals surface area (Å²) in [5.41, 5.74) is 0.514. The number of allylic oxidation sites excluding steroid dienone is 2. The van der Waals surface area contributed by atoms with E-state index in [1.807, 2.05) is 0 Å². The van der Waals surface area contributed by atoms with Gasteiger partial charge in [0.2, 0.25) is 0 Å². The van der Waals surface area contributed by atoms with Crippen LogP contribution >= 0.6 is 0 Å². The summed E-state index contributed by atoms with van der Waals surface area (Å²) in [7, 11) is 0. The highest BCUT2D eigenvalue weighted by Crippen LogP contribution is 2.70. The van der Waals surface area contributed by atoms with Crippen LogP contribution in [0.15, 0.2) is 12.2 Å². The van der Waals surface area contributed by atoms with Crippen molar-refractivity contribution in [3.05, 3.63) is 12.2 Å². The van der Waals surface area contributed by atoms with Crippen LogP contribution in [0.25, 0.3) is 0 Å². The van der Waals surface area contributed by atoms with Gasteiger partial charge in [-0.2, -0.15) is 0 Å². The van der Waals surface area contributed by atoms with Crippen molar-refractivity contribution in [3.8, 4) is 0 Å². The fourth-order valence-corrected chi connectivity index (χ4v) is 12.1. The fraction of sp³-hybridized carbons (Fsp3) is 0.933. The number of esters is 1. The third-order valence-electron chi connectivity index (χ3n) is 14.9. The van der Waals surface area contributed by atoms with Crippen molar-refractivity contribution in [1.29, 1.82) is 0 Å². The van der Waals surface area contributed by atoms with Crippen LogP contribution in [0.1, 0.15) is 215 Å². The van der Waals surface area contributed by atoms with E-state index in [0.717, 1.165) is 54.8 Å². The number of hydrogen-bond donors (Lipinski definition) is 0. The summed E-state index contributed by atoms with van der Waals surface area (Å²) in [6, 6.07) is 0. The molecule has 272 valence electrons. The molecule has 0 amide bonds.